The molecule has 0 aromatic rings. The summed E-state index contributed by atoms with van der Waals surface area (Å²) in [6.45, 7) is 6.51. The third kappa shape index (κ3) is 48.0. The van der Waals surface area contributed by atoms with Gasteiger partial charge in [-0.1, -0.05) is 191 Å². The molecule has 1 atom stereocenters. The van der Waals surface area contributed by atoms with Crippen LogP contribution in [0.25, 0.3) is 0 Å². The molecule has 0 fully saturated rings. The quantitative estimate of drug-likeness (QED) is 0.0263. The van der Waals surface area contributed by atoms with Gasteiger partial charge in [-0.3, -0.25) is 14.4 Å². The van der Waals surface area contributed by atoms with Gasteiger partial charge in [0.25, 0.3) is 0 Å². The zero-order valence-electron chi connectivity index (χ0n) is 40.2. The Morgan fingerprint density at radius 3 is 1.02 bits per heavy atom. The molecule has 352 valence electrons. The highest BCUT2D eigenvalue weighted by Gasteiger charge is 2.19. The summed E-state index contributed by atoms with van der Waals surface area (Å²) < 4.78 is 16.8. The van der Waals surface area contributed by atoms with Crippen LogP contribution in [0.1, 0.15) is 252 Å². The zero-order chi connectivity index (χ0) is 44.4. The molecule has 0 amide bonds. The normalized spacial score (nSPS) is 12.5. The molecule has 61 heavy (non-hydrogen) atoms. The number of ether oxygens (including phenoxy) is 3. The minimum absolute atomic E-state index is 0.0867. The highest BCUT2D eigenvalue weighted by Crippen LogP contribution is 2.14. The van der Waals surface area contributed by atoms with E-state index in [1.807, 2.05) is 0 Å². The summed E-state index contributed by atoms with van der Waals surface area (Å²) in [4.78, 5) is 37.9. The van der Waals surface area contributed by atoms with E-state index >= 15 is 0 Å². The molecule has 0 bridgehead atoms. The Balaban J connectivity index is 4.40. The van der Waals surface area contributed by atoms with Crippen LogP contribution in [0.15, 0.2) is 60.8 Å². The van der Waals surface area contributed by atoms with E-state index in [2.05, 4.69) is 81.5 Å². The first-order valence-electron chi connectivity index (χ1n) is 25.8. The third-order valence-corrected chi connectivity index (χ3v) is 10.9. The first-order chi connectivity index (χ1) is 30.0. The molecule has 0 aliphatic carbocycles. The van der Waals surface area contributed by atoms with E-state index in [1.165, 1.54) is 103 Å². The van der Waals surface area contributed by atoms with Crippen LogP contribution in [-0.2, 0) is 28.6 Å². The van der Waals surface area contributed by atoms with Crippen molar-refractivity contribution >= 4 is 17.9 Å². The van der Waals surface area contributed by atoms with E-state index in [0.29, 0.717) is 19.3 Å². The minimum Gasteiger partial charge on any atom is -0.462 e. The van der Waals surface area contributed by atoms with Crippen molar-refractivity contribution in [2.75, 3.05) is 13.2 Å². The van der Waals surface area contributed by atoms with Crippen molar-refractivity contribution in [1.29, 1.82) is 0 Å². The van der Waals surface area contributed by atoms with Crippen LogP contribution in [0.5, 0.6) is 0 Å². The van der Waals surface area contributed by atoms with Crippen LogP contribution in [0.2, 0.25) is 0 Å². The van der Waals surface area contributed by atoms with Crippen molar-refractivity contribution in [1.82, 2.24) is 0 Å². The smallest absolute Gasteiger partial charge is 0.306 e. The predicted molar refractivity (Wildman–Crippen MR) is 261 cm³/mol. The number of unbranched alkanes of at least 4 members (excludes halogenated alkanes) is 25. The number of carbonyl (C=O) groups is 3. The molecule has 0 aromatic carbocycles. The molecule has 0 aromatic heterocycles. The van der Waals surface area contributed by atoms with Crippen molar-refractivity contribution in [2.24, 2.45) is 0 Å². The van der Waals surface area contributed by atoms with Crippen LogP contribution in [0, 0.1) is 0 Å². The molecule has 0 aliphatic heterocycles. The number of esters is 3. The van der Waals surface area contributed by atoms with Gasteiger partial charge in [0.1, 0.15) is 13.2 Å². The van der Waals surface area contributed by atoms with Gasteiger partial charge in [0, 0.05) is 19.3 Å². The van der Waals surface area contributed by atoms with Crippen LogP contribution in [0.4, 0.5) is 0 Å². The molecule has 0 rings (SSSR count). The maximum Gasteiger partial charge on any atom is 0.306 e. The van der Waals surface area contributed by atoms with Crippen LogP contribution in [0.3, 0.4) is 0 Å². The first-order valence-corrected chi connectivity index (χ1v) is 25.8. The van der Waals surface area contributed by atoms with Gasteiger partial charge in [-0.2, -0.15) is 0 Å². The van der Waals surface area contributed by atoms with E-state index < -0.39 is 6.10 Å². The van der Waals surface area contributed by atoms with Gasteiger partial charge in [-0.25, -0.2) is 0 Å². The fourth-order valence-electron chi connectivity index (χ4n) is 7.03. The van der Waals surface area contributed by atoms with Gasteiger partial charge in [0.15, 0.2) is 6.10 Å². The van der Waals surface area contributed by atoms with Crippen LogP contribution in [-0.4, -0.2) is 37.2 Å². The second-order valence-electron chi connectivity index (χ2n) is 17.1. The monoisotopic (exact) mass is 853 g/mol. The van der Waals surface area contributed by atoms with Gasteiger partial charge in [-0.05, 0) is 103 Å². The highest BCUT2D eigenvalue weighted by molar-refractivity contribution is 5.71. The van der Waals surface area contributed by atoms with E-state index in [0.717, 1.165) is 109 Å². The lowest BCUT2D eigenvalue weighted by Crippen LogP contribution is -2.30. The Morgan fingerprint density at radius 1 is 0.328 bits per heavy atom. The van der Waals surface area contributed by atoms with Gasteiger partial charge in [0.2, 0.25) is 0 Å². The van der Waals surface area contributed by atoms with Gasteiger partial charge >= 0.3 is 17.9 Å². The van der Waals surface area contributed by atoms with E-state index in [1.54, 1.807) is 0 Å². The van der Waals surface area contributed by atoms with Gasteiger partial charge in [0.05, 0.1) is 0 Å². The first kappa shape index (κ1) is 58.1. The van der Waals surface area contributed by atoms with E-state index in [9.17, 15) is 14.4 Å². The fraction of sp³-hybridized carbons (Fsp3) is 0.764. The van der Waals surface area contributed by atoms with E-state index in [-0.39, 0.29) is 31.1 Å². The molecule has 0 aliphatic rings. The average Bonchev–Trinajstić information content (AvgIpc) is 3.26. The summed E-state index contributed by atoms with van der Waals surface area (Å²) in [7, 11) is 0. The SMILES string of the molecule is CCC/C=C\C/C=C\CCCCCCCC(=O)OC(COC(=O)CCCCCCC/C=C\CCCCCC)COC(=O)CCCCCCCCC/C=C\C/C=C\CCCCC. The minimum atomic E-state index is -0.787. The van der Waals surface area contributed by atoms with Crippen molar-refractivity contribution < 1.29 is 28.6 Å². The number of carbonyl (C=O) groups excluding carboxylic acids is 3. The van der Waals surface area contributed by atoms with Gasteiger partial charge in [-0.15, -0.1) is 0 Å². The number of allylic oxidation sites excluding steroid dienone is 10. The summed E-state index contributed by atoms with van der Waals surface area (Å²) >= 11 is 0. The molecule has 0 saturated carbocycles. The molecular weight excluding hydrogens is 757 g/mol. The maximum absolute atomic E-state index is 12.8. The lowest BCUT2D eigenvalue weighted by atomic mass is 10.1. The zero-order valence-corrected chi connectivity index (χ0v) is 40.2. The van der Waals surface area contributed by atoms with Crippen LogP contribution < -0.4 is 0 Å². The topological polar surface area (TPSA) is 78.9 Å². The van der Waals surface area contributed by atoms with Crippen LogP contribution >= 0.6 is 0 Å². The summed E-state index contributed by atoms with van der Waals surface area (Å²) in [5.74, 6) is -0.914. The van der Waals surface area contributed by atoms with Crippen molar-refractivity contribution in [3.8, 4) is 0 Å². The van der Waals surface area contributed by atoms with Crippen molar-refractivity contribution in [3.63, 3.8) is 0 Å². The van der Waals surface area contributed by atoms with Crippen molar-refractivity contribution in [3.05, 3.63) is 60.8 Å². The number of rotatable bonds is 46. The predicted octanol–water partition coefficient (Wildman–Crippen LogP) is 16.9. The molecule has 6 heteroatoms. The molecule has 6 nitrogen and oxygen atoms in total. The highest BCUT2D eigenvalue weighted by atomic mass is 16.6. The van der Waals surface area contributed by atoms with Crippen molar-refractivity contribution in [2.45, 2.75) is 258 Å². The Morgan fingerprint density at radius 2 is 0.623 bits per heavy atom. The molecular formula is C55H96O6. The summed E-state index contributed by atoms with van der Waals surface area (Å²) in [6, 6.07) is 0. The Hall–Kier alpha value is -2.89. The molecule has 0 heterocycles. The number of hydrogen-bond donors (Lipinski definition) is 0. The number of hydrogen-bond acceptors (Lipinski definition) is 6. The summed E-state index contributed by atoms with van der Waals surface area (Å²) in [6.07, 6.45) is 60.5. The average molecular weight is 853 g/mol. The third-order valence-electron chi connectivity index (χ3n) is 10.9. The maximum atomic E-state index is 12.8. The second kappa shape index (κ2) is 49.8. The molecule has 0 radical (unpaired) electrons. The Bertz CT molecular complexity index is 1120. The summed E-state index contributed by atoms with van der Waals surface area (Å²) in [5, 5.41) is 0. The fourth-order valence-corrected chi connectivity index (χ4v) is 7.03. The Kier molecular flexibility index (Phi) is 47.4. The largest absolute Gasteiger partial charge is 0.462 e. The second-order valence-corrected chi connectivity index (χ2v) is 17.1. The molecule has 0 saturated heterocycles. The lowest BCUT2D eigenvalue weighted by molar-refractivity contribution is -0.167. The standard InChI is InChI=1S/C55H96O6/c1-4-7-10-13-16-19-22-25-26-27-28-31-33-36-39-42-45-48-54(57)60-51-52(61-55(58)49-46-43-40-37-34-30-24-21-18-15-12-9-6-3)50-59-53(56)47-44-41-38-35-32-29-23-20-17-14-11-8-5-2/h12,15-16,19-21,23-26,52H,4-11,13-14,17-18,22,27-51H2,1-3H3/b15-12-,19-16-,23-20-,24-21-,26-25-. The molecule has 0 spiro atoms. The molecule has 1 unspecified atom stereocenters. The molecule has 0 N–H and O–H groups in total. The summed E-state index contributed by atoms with van der Waals surface area (Å²) in [5.41, 5.74) is 0. The van der Waals surface area contributed by atoms with Gasteiger partial charge < -0.3 is 14.2 Å². The van der Waals surface area contributed by atoms with E-state index in [4.69, 9.17) is 14.2 Å². The Labute approximate surface area is 377 Å². The lowest BCUT2D eigenvalue weighted by Gasteiger charge is -2.18.